The fourth-order valence-corrected chi connectivity index (χ4v) is 4.61. The van der Waals surface area contributed by atoms with E-state index in [1.54, 1.807) is 0 Å². The van der Waals surface area contributed by atoms with Crippen molar-refractivity contribution in [2.24, 2.45) is 0 Å². The van der Waals surface area contributed by atoms with Crippen LogP contribution in [0, 0.1) is 0 Å². The molecule has 2 aliphatic rings. The van der Waals surface area contributed by atoms with E-state index in [1.807, 2.05) is 0 Å². The SMILES string of the molecule is O=C(O)[C@H]1O[C@@H](Oc2ccc3c(c2)oc(=O)c2cc(O[C@@H]4O[C@H](C(=O)O)[C@@H](O)[C@H](O)[C@H]4O)ccc23)[C@H](O)[C@@H](O)[C@@H]1O. The van der Waals surface area contributed by atoms with Crippen LogP contribution >= 0.6 is 0 Å². The molecule has 0 aliphatic carbocycles. The molecule has 0 saturated carbocycles. The van der Waals surface area contributed by atoms with Crippen LogP contribution in [0.1, 0.15) is 0 Å². The fourth-order valence-electron chi connectivity index (χ4n) is 4.61. The molecular weight excluding hydrogens is 556 g/mol. The van der Waals surface area contributed by atoms with Crippen LogP contribution in [0.25, 0.3) is 21.7 Å². The molecule has 16 heteroatoms. The molecule has 2 fully saturated rings. The molecule has 41 heavy (non-hydrogen) atoms. The van der Waals surface area contributed by atoms with Gasteiger partial charge < -0.3 is 64.2 Å². The normalized spacial score (nSPS) is 33.9. The number of benzene rings is 2. The average molecular weight is 580 g/mol. The van der Waals surface area contributed by atoms with Gasteiger partial charge >= 0.3 is 17.6 Å². The highest BCUT2D eigenvalue weighted by atomic mass is 16.7. The first-order valence-corrected chi connectivity index (χ1v) is 12.1. The lowest BCUT2D eigenvalue weighted by Crippen LogP contribution is -2.61. The largest absolute Gasteiger partial charge is 0.479 e. The lowest BCUT2D eigenvalue weighted by Gasteiger charge is -2.38. The number of ether oxygens (including phenoxy) is 4. The van der Waals surface area contributed by atoms with Gasteiger partial charge in [-0.2, -0.15) is 0 Å². The van der Waals surface area contributed by atoms with E-state index in [9.17, 15) is 55.2 Å². The molecule has 220 valence electrons. The van der Waals surface area contributed by atoms with Gasteiger partial charge in [0.25, 0.3) is 0 Å². The molecule has 1 aromatic heterocycles. The van der Waals surface area contributed by atoms with Crippen molar-refractivity contribution in [3.63, 3.8) is 0 Å². The van der Waals surface area contributed by atoms with E-state index in [0.717, 1.165) is 0 Å². The molecule has 0 unspecified atom stereocenters. The number of hydrogen-bond donors (Lipinski definition) is 8. The predicted molar refractivity (Wildman–Crippen MR) is 130 cm³/mol. The van der Waals surface area contributed by atoms with Gasteiger partial charge in [0.1, 0.15) is 53.7 Å². The molecule has 5 rings (SSSR count). The third-order valence-electron chi connectivity index (χ3n) is 6.79. The van der Waals surface area contributed by atoms with Crippen molar-refractivity contribution in [1.29, 1.82) is 0 Å². The van der Waals surface area contributed by atoms with E-state index >= 15 is 0 Å². The Labute approximate surface area is 227 Å². The molecule has 8 N–H and O–H groups in total. The number of hydrogen-bond acceptors (Lipinski definition) is 14. The molecule has 3 heterocycles. The van der Waals surface area contributed by atoms with Gasteiger partial charge in [-0.05, 0) is 30.3 Å². The second kappa shape index (κ2) is 10.8. The Morgan fingerprint density at radius 3 is 1.56 bits per heavy atom. The minimum absolute atomic E-state index is 0.0109. The zero-order valence-corrected chi connectivity index (χ0v) is 20.6. The number of carboxylic acids is 2. The molecule has 0 radical (unpaired) electrons. The van der Waals surface area contributed by atoms with Crippen LogP contribution in [0.5, 0.6) is 11.5 Å². The molecule has 0 amide bonds. The van der Waals surface area contributed by atoms with Gasteiger partial charge in [0, 0.05) is 16.8 Å². The maximum absolute atomic E-state index is 12.8. The Balaban J connectivity index is 1.40. The summed E-state index contributed by atoms with van der Waals surface area (Å²) in [6.45, 7) is 0. The Kier molecular flexibility index (Phi) is 7.58. The van der Waals surface area contributed by atoms with Crippen molar-refractivity contribution in [2.45, 2.75) is 61.4 Å². The van der Waals surface area contributed by atoms with Gasteiger partial charge in [-0.15, -0.1) is 0 Å². The predicted octanol–water partition coefficient (Wildman–Crippen LogP) is -2.51. The summed E-state index contributed by atoms with van der Waals surface area (Å²) in [4.78, 5) is 35.4. The molecule has 3 aromatic rings. The van der Waals surface area contributed by atoms with Crippen molar-refractivity contribution in [3.05, 3.63) is 46.8 Å². The smallest absolute Gasteiger partial charge is 0.344 e. The first-order chi connectivity index (χ1) is 19.4. The van der Waals surface area contributed by atoms with E-state index in [2.05, 4.69) is 0 Å². The lowest BCUT2D eigenvalue weighted by molar-refractivity contribution is -0.271. The minimum atomic E-state index is -1.91. The summed E-state index contributed by atoms with van der Waals surface area (Å²) in [5, 5.41) is 79.1. The van der Waals surface area contributed by atoms with Crippen LogP contribution < -0.4 is 15.1 Å². The van der Waals surface area contributed by atoms with Gasteiger partial charge in [0.05, 0.1) is 5.39 Å². The number of fused-ring (bicyclic) bond motifs is 3. The number of carboxylic acid groups (broad SMARTS) is 2. The van der Waals surface area contributed by atoms with Crippen molar-refractivity contribution in [3.8, 4) is 11.5 Å². The van der Waals surface area contributed by atoms with Crippen LogP contribution in [0.3, 0.4) is 0 Å². The van der Waals surface area contributed by atoms with Crippen LogP contribution in [0.15, 0.2) is 45.6 Å². The summed E-state index contributed by atoms with van der Waals surface area (Å²) < 4.78 is 26.5. The van der Waals surface area contributed by atoms with Crippen LogP contribution in [0.2, 0.25) is 0 Å². The fraction of sp³-hybridized carbons (Fsp3) is 0.400. The van der Waals surface area contributed by atoms with E-state index in [0.29, 0.717) is 10.8 Å². The Hall–Kier alpha value is -3.87. The maximum Gasteiger partial charge on any atom is 0.344 e. The first-order valence-electron chi connectivity index (χ1n) is 12.1. The summed E-state index contributed by atoms with van der Waals surface area (Å²) in [7, 11) is 0. The zero-order valence-electron chi connectivity index (χ0n) is 20.6. The molecule has 2 saturated heterocycles. The van der Waals surface area contributed by atoms with Crippen LogP contribution in [0.4, 0.5) is 0 Å². The van der Waals surface area contributed by atoms with Crippen molar-refractivity contribution < 1.29 is 73.8 Å². The molecule has 0 bridgehead atoms. The molecule has 10 atom stereocenters. The van der Waals surface area contributed by atoms with Crippen molar-refractivity contribution in [2.75, 3.05) is 0 Å². The van der Waals surface area contributed by atoms with Gasteiger partial charge in [0.15, 0.2) is 12.2 Å². The van der Waals surface area contributed by atoms with Gasteiger partial charge in [-0.1, -0.05) is 0 Å². The van der Waals surface area contributed by atoms with E-state index in [-0.39, 0.29) is 22.5 Å². The standard InChI is InChI=1S/C25H24O16/c26-13-15(28)19(21(32)33)40-24(17(13)30)37-7-1-3-9-10-4-2-8(6-12(10)39-23(36)11(9)5-7)38-25-18(31)14(27)16(29)20(41-25)22(34)35/h1-6,13-20,24-31H,(H,32,33)(H,34,35)/t13-,14-,15-,16-,17+,18+,19-,20-,24+,25+/m0/s1. The summed E-state index contributed by atoms with van der Waals surface area (Å²) in [6.07, 6.45) is -18.3. The summed E-state index contributed by atoms with van der Waals surface area (Å²) in [5.41, 5.74) is -0.834. The zero-order chi connectivity index (χ0) is 29.7. The minimum Gasteiger partial charge on any atom is -0.479 e. The average Bonchev–Trinajstić information content (AvgIpc) is 2.93. The first kappa shape index (κ1) is 28.7. The summed E-state index contributed by atoms with van der Waals surface area (Å²) in [5.74, 6) is -3.27. The van der Waals surface area contributed by atoms with Gasteiger partial charge in [-0.25, -0.2) is 14.4 Å². The quantitative estimate of drug-likeness (QED) is 0.110. The Morgan fingerprint density at radius 2 is 1.07 bits per heavy atom. The van der Waals surface area contributed by atoms with Crippen LogP contribution in [-0.2, 0) is 19.1 Å². The molecule has 2 aromatic carbocycles. The van der Waals surface area contributed by atoms with E-state index < -0.39 is 79.0 Å². The third-order valence-corrected chi connectivity index (χ3v) is 6.79. The number of rotatable bonds is 6. The Morgan fingerprint density at radius 1 is 0.610 bits per heavy atom. The van der Waals surface area contributed by atoms with Gasteiger partial charge in [0.2, 0.25) is 12.6 Å². The van der Waals surface area contributed by atoms with Crippen molar-refractivity contribution >= 4 is 33.7 Å². The number of carbonyl (C=O) groups is 2. The van der Waals surface area contributed by atoms with E-state index in [1.165, 1.54) is 36.4 Å². The second-order valence-corrected chi connectivity index (χ2v) is 9.46. The maximum atomic E-state index is 12.8. The molecule has 2 aliphatic heterocycles. The third kappa shape index (κ3) is 5.18. The summed E-state index contributed by atoms with van der Waals surface area (Å²) in [6, 6.07) is 8.20. The topological polar surface area (TPSA) is 263 Å². The monoisotopic (exact) mass is 580 g/mol. The molecule has 0 spiro atoms. The highest BCUT2D eigenvalue weighted by Crippen LogP contribution is 2.32. The summed E-state index contributed by atoms with van der Waals surface area (Å²) >= 11 is 0. The molecular formula is C25H24O16. The van der Waals surface area contributed by atoms with Gasteiger partial charge in [-0.3, -0.25) is 0 Å². The number of aliphatic hydroxyl groups excluding tert-OH is 6. The number of aliphatic carboxylic acids is 2. The van der Waals surface area contributed by atoms with E-state index in [4.69, 9.17) is 23.4 Å². The van der Waals surface area contributed by atoms with Crippen molar-refractivity contribution in [1.82, 2.24) is 0 Å². The highest BCUT2D eigenvalue weighted by molar-refractivity contribution is 6.04. The Bertz CT molecular complexity index is 1540. The number of aliphatic hydroxyl groups is 6. The lowest BCUT2D eigenvalue weighted by atomic mass is 9.99. The van der Waals surface area contributed by atoms with Crippen LogP contribution in [-0.4, -0.2) is 114 Å². The highest BCUT2D eigenvalue weighted by Gasteiger charge is 2.49. The molecule has 16 nitrogen and oxygen atoms in total. The second-order valence-electron chi connectivity index (χ2n) is 9.46.